The molecule has 30 heavy (non-hydrogen) atoms. The summed E-state index contributed by atoms with van der Waals surface area (Å²) in [5.41, 5.74) is 0.856. The van der Waals surface area contributed by atoms with Crippen LogP contribution in [0.3, 0.4) is 0 Å². The third kappa shape index (κ3) is 5.52. The van der Waals surface area contributed by atoms with Gasteiger partial charge in [-0.3, -0.25) is 9.78 Å². The van der Waals surface area contributed by atoms with Gasteiger partial charge >= 0.3 is 6.18 Å². The SMILES string of the molecule is CNC(=O)/C(=N/OC)c1cccc(C)c1CO/N=C(\C)c1cncc(C(F)(F)F)n1. The lowest BCUT2D eigenvalue weighted by Gasteiger charge is -2.13. The summed E-state index contributed by atoms with van der Waals surface area (Å²) in [7, 11) is 2.78. The molecule has 11 heteroatoms. The van der Waals surface area contributed by atoms with Gasteiger partial charge in [-0.25, -0.2) is 4.98 Å². The molecule has 0 fully saturated rings. The van der Waals surface area contributed by atoms with Crippen molar-refractivity contribution < 1.29 is 27.6 Å². The van der Waals surface area contributed by atoms with E-state index in [1.54, 1.807) is 12.1 Å². The molecule has 0 aliphatic heterocycles. The standard InChI is InChI=1S/C19H20F3N5O3/c1-11-6-5-7-13(17(27-29-4)18(28)23-3)14(11)10-30-26-12(2)15-8-24-9-16(25-15)19(20,21)22/h5-9H,10H2,1-4H3,(H,23,28)/b26-12+,27-17+. The summed E-state index contributed by atoms with van der Waals surface area (Å²) >= 11 is 0. The van der Waals surface area contributed by atoms with Crippen LogP contribution in [0.15, 0.2) is 40.9 Å². The van der Waals surface area contributed by atoms with E-state index in [-0.39, 0.29) is 23.7 Å². The fourth-order valence-electron chi connectivity index (χ4n) is 2.46. The Morgan fingerprint density at radius 1 is 1.23 bits per heavy atom. The second kappa shape index (κ2) is 9.81. The molecule has 1 aromatic heterocycles. The Hall–Kier alpha value is -3.50. The highest BCUT2D eigenvalue weighted by Crippen LogP contribution is 2.26. The zero-order valence-corrected chi connectivity index (χ0v) is 16.7. The Morgan fingerprint density at radius 2 is 1.97 bits per heavy atom. The minimum Gasteiger partial charge on any atom is -0.398 e. The first-order valence-corrected chi connectivity index (χ1v) is 8.67. The molecule has 0 saturated heterocycles. The van der Waals surface area contributed by atoms with Crippen LogP contribution in [0.25, 0.3) is 0 Å². The zero-order valence-electron chi connectivity index (χ0n) is 16.7. The molecule has 0 spiro atoms. The van der Waals surface area contributed by atoms with Crippen LogP contribution in [0.5, 0.6) is 0 Å². The van der Waals surface area contributed by atoms with Gasteiger partial charge in [-0.2, -0.15) is 13.2 Å². The van der Waals surface area contributed by atoms with Gasteiger partial charge in [0, 0.05) is 18.2 Å². The number of likely N-dealkylation sites (N-methyl/N-ethyl adjacent to an activating group) is 1. The van der Waals surface area contributed by atoms with Crippen LogP contribution in [0.4, 0.5) is 13.2 Å². The van der Waals surface area contributed by atoms with E-state index in [0.29, 0.717) is 17.3 Å². The van der Waals surface area contributed by atoms with Gasteiger partial charge < -0.3 is 15.0 Å². The van der Waals surface area contributed by atoms with Crippen LogP contribution in [0.2, 0.25) is 0 Å². The van der Waals surface area contributed by atoms with Crippen molar-refractivity contribution in [3.8, 4) is 0 Å². The highest BCUT2D eigenvalue weighted by atomic mass is 19.4. The van der Waals surface area contributed by atoms with Gasteiger partial charge in [0.1, 0.15) is 25.1 Å². The molecule has 0 bridgehead atoms. The minimum absolute atomic E-state index is 0.0479. The highest BCUT2D eigenvalue weighted by Gasteiger charge is 2.33. The summed E-state index contributed by atoms with van der Waals surface area (Å²) in [5.74, 6) is -0.456. The van der Waals surface area contributed by atoms with Gasteiger partial charge in [0.2, 0.25) is 0 Å². The molecule has 8 nitrogen and oxygen atoms in total. The molecule has 0 unspecified atom stereocenters. The maximum Gasteiger partial charge on any atom is 0.434 e. The van der Waals surface area contributed by atoms with Crippen LogP contribution in [0, 0.1) is 6.92 Å². The normalized spacial score (nSPS) is 12.5. The van der Waals surface area contributed by atoms with E-state index in [9.17, 15) is 18.0 Å². The number of halogens is 3. The fraction of sp³-hybridized carbons (Fsp3) is 0.316. The number of aryl methyl sites for hydroxylation is 1. The van der Waals surface area contributed by atoms with Crippen LogP contribution in [-0.4, -0.2) is 41.5 Å². The molecule has 2 aromatic rings. The molecule has 1 N–H and O–H groups in total. The van der Waals surface area contributed by atoms with E-state index < -0.39 is 17.8 Å². The number of amides is 1. The lowest BCUT2D eigenvalue weighted by molar-refractivity contribution is -0.141. The summed E-state index contributed by atoms with van der Waals surface area (Å²) in [5, 5.41) is 10.1. The molecule has 0 aliphatic rings. The van der Waals surface area contributed by atoms with Crippen molar-refractivity contribution in [2.45, 2.75) is 26.6 Å². The molecule has 0 saturated carbocycles. The monoisotopic (exact) mass is 423 g/mol. The average molecular weight is 423 g/mol. The lowest BCUT2D eigenvalue weighted by Crippen LogP contribution is -2.29. The Bertz CT molecular complexity index is 974. The minimum atomic E-state index is -4.61. The molecule has 1 amide bonds. The van der Waals surface area contributed by atoms with E-state index in [0.717, 1.165) is 11.8 Å². The quantitative estimate of drug-likeness (QED) is 0.546. The van der Waals surface area contributed by atoms with Gasteiger partial charge in [-0.15, -0.1) is 0 Å². The predicted molar refractivity (Wildman–Crippen MR) is 103 cm³/mol. The fourth-order valence-corrected chi connectivity index (χ4v) is 2.46. The third-order valence-electron chi connectivity index (χ3n) is 4.00. The van der Waals surface area contributed by atoms with Gasteiger partial charge in [-0.05, 0) is 19.4 Å². The summed E-state index contributed by atoms with van der Waals surface area (Å²) in [6.45, 7) is 3.20. The third-order valence-corrected chi connectivity index (χ3v) is 4.00. The van der Waals surface area contributed by atoms with E-state index in [4.69, 9.17) is 9.68 Å². The maximum atomic E-state index is 12.8. The lowest BCUT2D eigenvalue weighted by atomic mass is 9.98. The molecule has 0 atom stereocenters. The number of nitrogens with zero attached hydrogens (tertiary/aromatic N) is 4. The molecule has 0 aliphatic carbocycles. The van der Waals surface area contributed by atoms with E-state index in [1.807, 2.05) is 13.0 Å². The van der Waals surface area contributed by atoms with Crippen LogP contribution in [0.1, 0.15) is 35.0 Å². The molecular formula is C19H20F3N5O3. The maximum absolute atomic E-state index is 12.8. The largest absolute Gasteiger partial charge is 0.434 e. The van der Waals surface area contributed by atoms with Crippen molar-refractivity contribution in [2.24, 2.45) is 10.3 Å². The Labute approximate surface area is 170 Å². The van der Waals surface area contributed by atoms with Crippen LogP contribution >= 0.6 is 0 Å². The van der Waals surface area contributed by atoms with Gasteiger partial charge in [0.15, 0.2) is 11.4 Å². The van der Waals surface area contributed by atoms with Crippen molar-refractivity contribution >= 4 is 17.3 Å². The molecule has 2 rings (SSSR count). The second-order valence-electron chi connectivity index (χ2n) is 6.04. The van der Waals surface area contributed by atoms with Gasteiger partial charge in [0.25, 0.3) is 5.91 Å². The summed E-state index contributed by atoms with van der Waals surface area (Å²) < 4.78 is 38.4. The number of alkyl halides is 3. The topological polar surface area (TPSA) is 98.1 Å². The van der Waals surface area contributed by atoms with Crippen molar-refractivity contribution in [3.63, 3.8) is 0 Å². The molecule has 1 heterocycles. The Morgan fingerprint density at radius 3 is 2.60 bits per heavy atom. The highest BCUT2D eigenvalue weighted by molar-refractivity contribution is 6.45. The van der Waals surface area contributed by atoms with E-state index in [1.165, 1.54) is 21.1 Å². The van der Waals surface area contributed by atoms with E-state index >= 15 is 0 Å². The van der Waals surface area contributed by atoms with Crippen LogP contribution in [-0.2, 0) is 27.3 Å². The van der Waals surface area contributed by atoms with Crippen molar-refractivity contribution in [3.05, 3.63) is 58.7 Å². The van der Waals surface area contributed by atoms with E-state index in [2.05, 4.69) is 25.6 Å². The summed E-state index contributed by atoms with van der Waals surface area (Å²) in [6.07, 6.45) is -2.82. The number of oxime groups is 2. The summed E-state index contributed by atoms with van der Waals surface area (Å²) in [6, 6.07) is 5.23. The first-order valence-electron chi connectivity index (χ1n) is 8.67. The zero-order chi connectivity index (χ0) is 22.3. The molecule has 160 valence electrons. The predicted octanol–water partition coefficient (Wildman–Crippen LogP) is 2.84. The second-order valence-corrected chi connectivity index (χ2v) is 6.04. The number of benzene rings is 1. The molecular weight excluding hydrogens is 403 g/mol. The van der Waals surface area contributed by atoms with Gasteiger partial charge in [-0.1, -0.05) is 28.5 Å². The van der Waals surface area contributed by atoms with Crippen molar-refractivity contribution in [1.82, 2.24) is 15.3 Å². The first-order chi connectivity index (χ1) is 14.2. The number of aromatic nitrogens is 2. The summed E-state index contributed by atoms with van der Waals surface area (Å²) in [4.78, 5) is 29.3. The number of hydrogen-bond acceptors (Lipinski definition) is 7. The van der Waals surface area contributed by atoms with Crippen molar-refractivity contribution in [2.75, 3.05) is 14.2 Å². The number of rotatable bonds is 7. The number of hydrogen-bond donors (Lipinski definition) is 1. The first kappa shape index (κ1) is 22.8. The van der Waals surface area contributed by atoms with Crippen molar-refractivity contribution in [1.29, 1.82) is 0 Å². The smallest absolute Gasteiger partial charge is 0.398 e. The number of carbonyl (C=O) groups excluding carboxylic acids is 1. The number of nitrogens with one attached hydrogen (secondary N) is 1. The molecule has 0 radical (unpaired) electrons. The Balaban J connectivity index is 2.28. The average Bonchev–Trinajstić information content (AvgIpc) is 2.72. The Kier molecular flexibility index (Phi) is 7.45. The van der Waals surface area contributed by atoms with Crippen LogP contribution < -0.4 is 5.32 Å². The number of carbonyl (C=O) groups is 1. The molecule has 1 aromatic carbocycles. The van der Waals surface area contributed by atoms with Gasteiger partial charge in [0.05, 0.1) is 12.4 Å².